The highest BCUT2D eigenvalue weighted by Crippen LogP contribution is 2.06. The predicted molar refractivity (Wildman–Crippen MR) is 58.8 cm³/mol. The van der Waals surface area contributed by atoms with Crippen molar-refractivity contribution >= 4 is 0 Å². The van der Waals surface area contributed by atoms with Gasteiger partial charge in [-0.1, -0.05) is 45.3 Å². The number of allylic oxidation sites excluding steroid dienone is 2. The molecule has 0 fully saturated rings. The molecule has 1 N–H and O–H groups in total. The zero-order chi connectivity index (χ0) is 9.94. The summed E-state index contributed by atoms with van der Waals surface area (Å²) in [5.74, 6) is 0.538. The van der Waals surface area contributed by atoms with E-state index in [0.29, 0.717) is 12.5 Å². The molecule has 0 saturated carbocycles. The first-order chi connectivity index (χ1) is 6.31. The van der Waals surface area contributed by atoms with Gasteiger partial charge in [-0.15, -0.1) is 0 Å². The first-order valence-corrected chi connectivity index (χ1v) is 5.58. The van der Waals surface area contributed by atoms with E-state index in [2.05, 4.69) is 26.0 Å². The van der Waals surface area contributed by atoms with Gasteiger partial charge in [-0.05, 0) is 25.2 Å². The Balaban J connectivity index is 3.20. The molecule has 0 heterocycles. The van der Waals surface area contributed by atoms with Crippen LogP contribution in [0.2, 0.25) is 0 Å². The van der Waals surface area contributed by atoms with Gasteiger partial charge in [-0.25, -0.2) is 0 Å². The normalized spacial score (nSPS) is 13.8. The van der Waals surface area contributed by atoms with Crippen molar-refractivity contribution < 1.29 is 5.11 Å². The topological polar surface area (TPSA) is 20.2 Å². The van der Waals surface area contributed by atoms with Crippen molar-refractivity contribution in [3.8, 4) is 0 Å². The molecule has 1 heteroatoms. The molecule has 78 valence electrons. The standard InChI is InChI=1S/C12H24O/c1-3-4-5-6-7-8-9-12(2)10-11-13/h8-9,12-13H,3-7,10-11H2,1-2H3/b9-8+. The van der Waals surface area contributed by atoms with Gasteiger partial charge in [0.05, 0.1) is 0 Å². The van der Waals surface area contributed by atoms with Gasteiger partial charge in [-0.2, -0.15) is 0 Å². The van der Waals surface area contributed by atoms with Crippen molar-refractivity contribution in [2.45, 2.75) is 52.4 Å². The fourth-order valence-corrected chi connectivity index (χ4v) is 1.32. The van der Waals surface area contributed by atoms with E-state index in [1.807, 2.05) is 0 Å². The van der Waals surface area contributed by atoms with Crippen LogP contribution in [0.4, 0.5) is 0 Å². The van der Waals surface area contributed by atoms with Crippen LogP contribution in [0.25, 0.3) is 0 Å². The molecule has 0 spiro atoms. The third kappa shape index (κ3) is 9.62. The van der Waals surface area contributed by atoms with E-state index in [9.17, 15) is 0 Å². The third-order valence-corrected chi connectivity index (χ3v) is 2.27. The SMILES string of the molecule is CCCCCC/C=C/C(C)CCO. The van der Waals surface area contributed by atoms with Crippen molar-refractivity contribution in [3.05, 3.63) is 12.2 Å². The molecular weight excluding hydrogens is 160 g/mol. The molecule has 0 saturated heterocycles. The van der Waals surface area contributed by atoms with E-state index in [-0.39, 0.29) is 0 Å². The molecule has 0 aromatic carbocycles. The van der Waals surface area contributed by atoms with Gasteiger partial charge in [0.25, 0.3) is 0 Å². The number of hydrogen-bond donors (Lipinski definition) is 1. The second-order valence-corrected chi connectivity index (χ2v) is 3.77. The Morgan fingerprint density at radius 1 is 1.23 bits per heavy atom. The lowest BCUT2D eigenvalue weighted by Crippen LogP contribution is -1.92. The Bertz CT molecular complexity index is 118. The van der Waals surface area contributed by atoms with E-state index in [1.165, 1.54) is 32.1 Å². The molecule has 1 nitrogen and oxygen atoms in total. The van der Waals surface area contributed by atoms with Crippen LogP contribution in [0.15, 0.2) is 12.2 Å². The maximum absolute atomic E-state index is 8.68. The molecule has 0 radical (unpaired) electrons. The van der Waals surface area contributed by atoms with E-state index in [1.54, 1.807) is 0 Å². The molecule has 0 bridgehead atoms. The summed E-state index contributed by atoms with van der Waals surface area (Å²) in [6.45, 7) is 4.69. The Morgan fingerprint density at radius 2 is 2.00 bits per heavy atom. The van der Waals surface area contributed by atoms with E-state index >= 15 is 0 Å². The van der Waals surface area contributed by atoms with Crippen LogP contribution in [0, 0.1) is 5.92 Å². The minimum atomic E-state index is 0.307. The maximum Gasteiger partial charge on any atom is 0.0436 e. The van der Waals surface area contributed by atoms with Crippen LogP contribution in [0.5, 0.6) is 0 Å². The van der Waals surface area contributed by atoms with Gasteiger partial charge < -0.3 is 5.11 Å². The average Bonchev–Trinajstić information content (AvgIpc) is 2.11. The van der Waals surface area contributed by atoms with Crippen LogP contribution < -0.4 is 0 Å². The fraction of sp³-hybridized carbons (Fsp3) is 0.833. The summed E-state index contributed by atoms with van der Waals surface area (Å²) >= 11 is 0. The van der Waals surface area contributed by atoms with Crippen LogP contribution in [-0.4, -0.2) is 11.7 Å². The summed E-state index contributed by atoms with van der Waals surface area (Å²) in [5.41, 5.74) is 0. The van der Waals surface area contributed by atoms with Gasteiger partial charge in [0.1, 0.15) is 0 Å². The number of rotatable bonds is 8. The van der Waals surface area contributed by atoms with E-state index in [4.69, 9.17) is 5.11 Å². The third-order valence-electron chi connectivity index (χ3n) is 2.27. The summed E-state index contributed by atoms with van der Waals surface area (Å²) in [7, 11) is 0. The Hall–Kier alpha value is -0.300. The lowest BCUT2D eigenvalue weighted by Gasteiger charge is -2.01. The largest absolute Gasteiger partial charge is 0.396 e. The Labute approximate surface area is 82.9 Å². The van der Waals surface area contributed by atoms with Crippen molar-refractivity contribution in [1.82, 2.24) is 0 Å². The summed E-state index contributed by atoms with van der Waals surface area (Å²) in [4.78, 5) is 0. The minimum absolute atomic E-state index is 0.307. The highest BCUT2D eigenvalue weighted by Gasteiger charge is 1.93. The molecule has 1 unspecified atom stereocenters. The molecule has 0 aromatic rings. The number of unbranched alkanes of at least 4 members (excludes halogenated alkanes) is 4. The second kappa shape index (κ2) is 9.79. The first-order valence-electron chi connectivity index (χ1n) is 5.58. The quantitative estimate of drug-likeness (QED) is 0.452. The number of hydrogen-bond acceptors (Lipinski definition) is 1. The van der Waals surface area contributed by atoms with E-state index in [0.717, 1.165) is 6.42 Å². The van der Waals surface area contributed by atoms with Gasteiger partial charge in [0.2, 0.25) is 0 Å². The predicted octanol–water partition coefficient (Wildman–Crippen LogP) is 3.53. The number of aliphatic hydroxyl groups is 1. The van der Waals surface area contributed by atoms with Crippen molar-refractivity contribution in [1.29, 1.82) is 0 Å². The molecule has 0 aliphatic heterocycles. The van der Waals surface area contributed by atoms with Crippen molar-refractivity contribution in [3.63, 3.8) is 0 Å². The molecule has 0 rings (SSSR count). The van der Waals surface area contributed by atoms with Gasteiger partial charge in [-0.3, -0.25) is 0 Å². The van der Waals surface area contributed by atoms with Gasteiger partial charge in [0, 0.05) is 6.61 Å². The van der Waals surface area contributed by atoms with Gasteiger partial charge in [0.15, 0.2) is 0 Å². The first kappa shape index (κ1) is 12.7. The second-order valence-electron chi connectivity index (χ2n) is 3.77. The zero-order valence-corrected chi connectivity index (χ0v) is 9.13. The Morgan fingerprint density at radius 3 is 2.62 bits per heavy atom. The summed E-state index contributed by atoms with van der Waals surface area (Å²) in [6, 6.07) is 0. The maximum atomic E-state index is 8.68. The lowest BCUT2D eigenvalue weighted by atomic mass is 10.1. The summed E-state index contributed by atoms with van der Waals surface area (Å²) in [5, 5.41) is 8.68. The van der Waals surface area contributed by atoms with E-state index < -0.39 is 0 Å². The molecule has 13 heavy (non-hydrogen) atoms. The van der Waals surface area contributed by atoms with Crippen LogP contribution in [0.3, 0.4) is 0 Å². The molecule has 0 aliphatic carbocycles. The monoisotopic (exact) mass is 184 g/mol. The lowest BCUT2D eigenvalue weighted by molar-refractivity contribution is 0.274. The molecule has 1 atom stereocenters. The highest BCUT2D eigenvalue weighted by atomic mass is 16.2. The summed E-state index contributed by atoms with van der Waals surface area (Å²) < 4.78 is 0. The highest BCUT2D eigenvalue weighted by molar-refractivity contribution is 4.85. The zero-order valence-electron chi connectivity index (χ0n) is 9.13. The Kier molecular flexibility index (Phi) is 9.56. The van der Waals surface area contributed by atoms with Crippen LogP contribution in [-0.2, 0) is 0 Å². The smallest absolute Gasteiger partial charge is 0.0436 e. The van der Waals surface area contributed by atoms with Crippen molar-refractivity contribution in [2.75, 3.05) is 6.61 Å². The van der Waals surface area contributed by atoms with Crippen molar-refractivity contribution in [2.24, 2.45) is 5.92 Å². The minimum Gasteiger partial charge on any atom is -0.396 e. The van der Waals surface area contributed by atoms with Crippen LogP contribution >= 0.6 is 0 Å². The molecule has 0 amide bonds. The number of aliphatic hydroxyl groups excluding tert-OH is 1. The molecule has 0 aromatic heterocycles. The summed E-state index contributed by atoms with van der Waals surface area (Å²) in [6.07, 6.45) is 11.9. The van der Waals surface area contributed by atoms with Gasteiger partial charge >= 0.3 is 0 Å². The van der Waals surface area contributed by atoms with Crippen LogP contribution in [0.1, 0.15) is 52.4 Å². The fourth-order valence-electron chi connectivity index (χ4n) is 1.32. The average molecular weight is 184 g/mol. The molecule has 0 aliphatic rings. The molecular formula is C12H24O.